The van der Waals surface area contributed by atoms with E-state index in [4.69, 9.17) is 21.1 Å². The molecule has 0 atom stereocenters. The van der Waals surface area contributed by atoms with Crippen LogP contribution in [0.2, 0.25) is 5.02 Å². The number of aryl methyl sites for hydroxylation is 1. The Labute approximate surface area is 100 Å². The Morgan fingerprint density at radius 3 is 2.56 bits per heavy atom. The Kier molecular flexibility index (Phi) is 4.62. The van der Waals surface area contributed by atoms with E-state index in [2.05, 4.69) is 0 Å². The van der Waals surface area contributed by atoms with E-state index in [1.54, 1.807) is 14.2 Å². The third-order valence-corrected chi connectivity index (χ3v) is 2.91. The molecule has 0 aliphatic rings. The standard InChI is InChI=1S/C12H15ClO3/c1-8-10(15-2)7-9(5-4-6-14)12(16-3)11(8)13/h6-7H,4-5H2,1-3H3. The van der Waals surface area contributed by atoms with Gasteiger partial charge in [0.2, 0.25) is 0 Å². The van der Waals surface area contributed by atoms with Gasteiger partial charge in [-0.05, 0) is 25.0 Å². The second-order valence-electron chi connectivity index (χ2n) is 3.42. The molecule has 4 heteroatoms. The lowest BCUT2D eigenvalue weighted by atomic mass is 10.1. The zero-order valence-corrected chi connectivity index (χ0v) is 10.4. The summed E-state index contributed by atoms with van der Waals surface area (Å²) in [7, 11) is 3.16. The molecule has 0 heterocycles. The summed E-state index contributed by atoms with van der Waals surface area (Å²) in [5, 5.41) is 0.544. The average Bonchev–Trinajstić information content (AvgIpc) is 2.30. The van der Waals surface area contributed by atoms with Gasteiger partial charge in [0, 0.05) is 12.0 Å². The van der Waals surface area contributed by atoms with E-state index in [0.29, 0.717) is 29.4 Å². The maximum Gasteiger partial charge on any atom is 0.141 e. The molecular weight excluding hydrogens is 228 g/mol. The minimum Gasteiger partial charge on any atom is -0.496 e. The zero-order chi connectivity index (χ0) is 12.1. The molecule has 0 unspecified atom stereocenters. The second kappa shape index (κ2) is 5.75. The van der Waals surface area contributed by atoms with Gasteiger partial charge in [0.25, 0.3) is 0 Å². The molecule has 0 aromatic heterocycles. The lowest BCUT2D eigenvalue weighted by Gasteiger charge is -2.14. The molecular formula is C12H15ClO3. The minimum absolute atomic E-state index is 0.443. The molecule has 0 saturated carbocycles. The summed E-state index contributed by atoms with van der Waals surface area (Å²) >= 11 is 6.17. The van der Waals surface area contributed by atoms with Crippen LogP contribution in [-0.4, -0.2) is 20.5 Å². The Bertz CT molecular complexity index is 388. The number of carbonyl (C=O) groups excluding carboxylic acids is 1. The van der Waals surface area contributed by atoms with E-state index >= 15 is 0 Å². The number of methoxy groups -OCH3 is 2. The topological polar surface area (TPSA) is 35.5 Å². The Morgan fingerprint density at radius 2 is 2.06 bits per heavy atom. The van der Waals surface area contributed by atoms with E-state index in [0.717, 1.165) is 17.4 Å². The van der Waals surface area contributed by atoms with E-state index < -0.39 is 0 Å². The quantitative estimate of drug-likeness (QED) is 0.745. The van der Waals surface area contributed by atoms with Gasteiger partial charge in [-0.3, -0.25) is 0 Å². The first-order valence-electron chi connectivity index (χ1n) is 4.99. The van der Waals surface area contributed by atoms with E-state index in [9.17, 15) is 4.79 Å². The van der Waals surface area contributed by atoms with Gasteiger partial charge in [-0.1, -0.05) is 11.6 Å². The lowest BCUT2D eigenvalue weighted by molar-refractivity contribution is -0.107. The summed E-state index contributed by atoms with van der Waals surface area (Å²) in [4.78, 5) is 10.4. The zero-order valence-electron chi connectivity index (χ0n) is 9.67. The normalized spacial score (nSPS) is 10.0. The first-order chi connectivity index (χ1) is 7.65. The highest BCUT2D eigenvalue weighted by atomic mass is 35.5. The van der Waals surface area contributed by atoms with Crippen LogP contribution in [0.25, 0.3) is 0 Å². The van der Waals surface area contributed by atoms with Gasteiger partial charge in [-0.2, -0.15) is 0 Å². The van der Waals surface area contributed by atoms with Gasteiger partial charge in [0.05, 0.1) is 19.2 Å². The van der Waals surface area contributed by atoms with Crippen LogP contribution in [0.4, 0.5) is 0 Å². The summed E-state index contributed by atoms with van der Waals surface area (Å²) in [6.45, 7) is 1.87. The fraction of sp³-hybridized carbons (Fsp3) is 0.417. The average molecular weight is 243 g/mol. The molecule has 0 saturated heterocycles. The molecule has 1 rings (SSSR count). The maximum atomic E-state index is 10.4. The number of ether oxygens (including phenoxy) is 2. The van der Waals surface area contributed by atoms with E-state index in [1.807, 2.05) is 13.0 Å². The Hall–Kier alpha value is -1.22. The van der Waals surface area contributed by atoms with Crippen molar-refractivity contribution in [2.24, 2.45) is 0 Å². The van der Waals surface area contributed by atoms with Crippen molar-refractivity contribution in [2.45, 2.75) is 19.8 Å². The Morgan fingerprint density at radius 1 is 1.38 bits per heavy atom. The molecule has 0 bridgehead atoms. The predicted octanol–water partition coefficient (Wildman–Crippen LogP) is 2.80. The molecule has 0 aliphatic heterocycles. The summed E-state index contributed by atoms with van der Waals surface area (Å²) in [5.74, 6) is 1.34. The van der Waals surface area contributed by atoms with Crippen molar-refractivity contribution in [3.05, 3.63) is 22.2 Å². The van der Waals surface area contributed by atoms with Crippen molar-refractivity contribution in [1.82, 2.24) is 0 Å². The predicted molar refractivity (Wildman–Crippen MR) is 63.7 cm³/mol. The number of benzene rings is 1. The minimum atomic E-state index is 0.443. The number of hydrogen-bond donors (Lipinski definition) is 0. The van der Waals surface area contributed by atoms with Crippen LogP contribution < -0.4 is 9.47 Å². The second-order valence-corrected chi connectivity index (χ2v) is 3.79. The molecule has 0 amide bonds. The van der Waals surface area contributed by atoms with Gasteiger partial charge in [-0.15, -0.1) is 0 Å². The molecule has 0 aliphatic carbocycles. The molecule has 0 fully saturated rings. The van der Waals surface area contributed by atoms with Gasteiger partial charge < -0.3 is 14.3 Å². The van der Waals surface area contributed by atoms with Crippen LogP contribution in [0.15, 0.2) is 6.07 Å². The van der Waals surface area contributed by atoms with Crippen LogP contribution in [-0.2, 0) is 11.2 Å². The molecule has 0 N–H and O–H groups in total. The van der Waals surface area contributed by atoms with Gasteiger partial charge in [0.15, 0.2) is 0 Å². The smallest absolute Gasteiger partial charge is 0.141 e. The van der Waals surface area contributed by atoms with Crippen molar-refractivity contribution < 1.29 is 14.3 Å². The SMILES string of the molecule is COc1cc(CCC=O)c(OC)c(Cl)c1C. The van der Waals surface area contributed by atoms with Crippen LogP contribution >= 0.6 is 11.6 Å². The van der Waals surface area contributed by atoms with Crippen molar-refractivity contribution in [3.8, 4) is 11.5 Å². The number of rotatable bonds is 5. The number of hydrogen-bond acceptors (Lipinski definition) is 3. The highest BCUT2D eigenvalue weighted by molar-refractivity contribution is 6.33. The number of aldehydes is 1. The maximum absolute atomic E-state index is 10.4. The first kappa shape index (κ1) is 12.8. The molecule has 1 aromatic carbocycles. The van der Waals surface area contributed by atoms with Crippen LogP contribution in [0.3, 0.4) is 0 Å². The van der Waals surface area contributed by atoms with Crippen molar-refractivity contribution in [1.29, 1.82) is 0 Å². The van der Waals surface area contributed by atoms with Crippen LogP contribution in [0, 0.1) is 6.92 Å². The van der Waals surface area contributed by atoms with Gasteiger partial charge >= 0.3 is 0 Å². The number of carbonyl (C=O) groups is 1. The van der Waals surface area contributed by atoms with Crippen LogP contribution in [0.1, 0.15) is 17.5 Å². The Balaban J connectivity index is 3.23. The fourth-order valence-electron chi connectivity index (χ4n) is 1.58. The molecule has 16 heavy (non-hydrogen) atoms. The van der Waals surface area contributed by atoms with Gasteiger partial charge in [-0.25, -0.2) is 0 Å². The highest BCUT2D eigenvalue weighted by Gasteiger charge is 2.14. The molecule has 3 nitrogen and oxygen atoms in total. The van der Waals surface area contributed by atoms with Gasteiger partial charge in [0.1, 0.15) is 17.8 Å². The van der Waals surface area contributed by atoms with Crippen molar-refractivity contribution >= 4 is 17.9 Å². The highest BCUT2D eigenvalue weighted by Crippen LogP contribution is 2.38. The van der Waals surface area contributed by atoms with Crippen molar-refractivity contribution in [3.63, 3.8) is 0 Å². The van der Waals surface area contributed by atoms with Crippen LogP contribution in [0.5, 0.6) is 11.5 Å². The number of halogens is 1. The van der Waals surface area contributed by atoms with E-state index in [-0.39, 0.29) is 0 Å². The molecule has 1 aromatic rings. The lowest BCUT2D eigenvalue weighted by Crippen LogP contribution is -1.98. The summed E-state index contributed by atoms with van der Waals surface area (Å²) in [6, 6.07) is 1.86. The third kappa shape index (κ3) is 2.47. The summed E-state index contributed by atoms with van der Waals surface area (Å²) < 4.78 is 10.5. The van der Waals surface area contributed by atoms with E-state index in [1.165, 1.54) is 0 Å². The fourth-order valence-corrected chi connectivity index (χ4v) is 1.88. The molecule has 0 spiro atoms. The summed E-state index contributed by atoms with van der Waals surface area (Å²) in [6.07, 6.45) is 1.92. The molecule has 0 radical (unpaired) electrons. The van der Waals surface area contributed by atoms with Crippen molar-refractivity contribution in [2.75, 3.05) is 14.2 Å². The monoisotopic (exact) mass is 242 g/mol. The third-order valence-electron chi connectivity index (χ3n) is 2.45. The summed E-state index contributed by atoms with van der Waals surface area (Å²) in [5.41, 5.74) is 1.73. The molecule has 88 valence electrons. The first-order valence-corrected chi connectivity index (χ1v) is 5.37. The largest absolute Gasteiger partial charge is 0.496 e.